The Labute approximate surface area is 155 Å². The number of anilines is 1. The minimum atomic E-state index is 0.542. The number of aromatic nitrogens is 2. The largest absolute Gasteiger partial charge is 0.367 e. The smallest absolute Gasteiger partial charge is 0.138 e. The Hall–Kier alpha value is -1.20. The summed E-state index contributed by atoms with van der Waals surface area (Å²) in [4.78, 5) is 14.2. The van der Waals surface area contributed by atoms with Gasteiger partial charge in [-0.15, -0.1) is 11.3 Å². The molecule has 3 heterocycles. The Kier molecular flexibility index (Phi) is 5.23. The van der Waals surface area contributed by atoms with Crippen molar-refractivity contribution in [3.05, 3.63) is 16.8 Å². The molecule has 136 valence electrons. The average molecular weight is 359 g/mol. The zero-order valence-corrected chi connectivity index (χ0v) is 16.4. The topological polar surface area (TPSA) is 41.1 Å². The summed E-state index contributed by atoms with van der Waals surface area (Å²) in [6.45, 7) is 8.14. The second-order valence-corrected chi connectivity index (χ2v) is 9.11. The molecule has 2 aromatic rings. The minimum Gasteiger partial charge on any atom is -0.367 e. The van der Waals surface area contributed by atoms with Gasteiger partial charge < -0.3 is 10.2 Å². The van der Waals surface area contributed by atoms with Gasteiger partial charge >= 0.3 is 0 Å². The van der Waals surface area contributed by atoms with Gasteiger partial charge in [-0.2, -0.15) is 0 Å². The maximum Gasteiger partial charge on any atom is 0.138 e. The maximum atomic E-state index is 4.56. The zero-order valence-electron chi connectivity index (χ0n) is 15.6. The van der Waals surface area contributed by atoms with E-state index in [1.54, 1.807) is 17.7 Å². The third-order valence-electron chi connectivity index (χ3n) is 6.13. The molecular weight excluding hydrogens is 328 g/mol. The van der Waals surface area contributed by atoms with Gasteiger partial charge in [0.15, 0.2) is 0 Å². The first-order valence-electron chi connectivity index (χ1n) is 9.90. The lowest BCUT2D eigenvalue weighted by Crippen LogP contribution is -2.41. The lowest BCUT2D eigenvalue weighted by Gasteiger charge is -2.35. The summed E-state index contributed by atoms with van der Waals surface area (Å²) in [7, 11) is 0. The van der Waals surface area contributed by atoms with Crippen LogP contribution >= 0.6 is 11.3 Å². The fraction of sp³-hybridized carbons (Fsp3) is 0.700. The molecule has 0 aromatic carbocycles. The van der Waals surface area contributed by atoms with Gasteiger partial charge in [0.2, 0.25) is 0 Å². The standard InChI is InChI=1S/C20H30N4S/c1-14-15(2)25-20-18(14)19(21-13-22-20)23-17-8-10-24(11-9-17)12-16-6-4-3-5-7-16/h13,16-17H,3-12H2,1-2H3,(H,21,22,23). The number of thiophene rings is 1. The van der Waals surface area contributed by atoms with Gasteiger partial charge in [-0.1, -0.05) is 19.3 Å². The summed E-state index contributed by atoms with van der Waals surface area (Å²) >= 11 is 1.78. The Morgan fingerprint density at radius 3 is 2.60 bits per heavy atom. The summed E-state index contributed by atoms with van der Waals surface area (Å²) in [6.07, 6.45) is 11.4. The number of likely N-dealkylation sites (tertiary alicyclic amines) is 1. The molecular formula is C20H30N4S. The van der Waals surface area contributed by atoms with Crippen LogP contribution in [-0.2, 0) is 0 Å². The monoisotopic (exact) mass is 358 g/mol. The van der Waals surface area contributed by atoms with Crippen LogP contribution in [0.25, 0.3) is 10.2 Å². The Morgan fingerprint density at radius 1 is 1.08 bits per heavy atom. The van der Waals surface area contributed by atoms with Crippen LogP contribution in [0.1, 0.15) is 55.4 Å². The van der Waals surface area contributed by atoms with E-state index >= 15 is 0 Å². The van der Waals surface area contributed by atoms with E-state index in [9.17, 15) is 0 Å². The van der Waals surface area contributed by atoms with Crippen LogP contribution in [0.3, 0.4) is 0 Å². The molecule has 0 radical (unpaired) electrons. The van der Waals surface area contributed by atoms with Crippen molar-refractivity contribution < 1.29 is 0 Å². The molecule has 4 rings (SSSR count). The van der Waals surface area contributed by atoms with Crippen molar-refractivity contribution in [2.75, 3.05) is 25.0 Å². The number of nitrogens with zero attached hydrogens (tertiary/aromatic N) is 3. The number of piperidine rings is 1. The fourth-order valence-electron chi connectivity index (χ4n) is 4.48. The number of rotatable bonds is 4. The molecule has 0 amide bonds. The summed E-state index contributed by atoms with van der Waals surface area (Å²) in [5.41, 5.74) is 1.33. The minimum absolute atomic E-state index is 0.542. The number of aryl methyl sites for hydroxylation is 2. The van der Waals surface area contributed by atoms with Crippen LogP contribution < -0.4 is 5.32 Å². The first-order chi connectivity index (χ1) is 12.2. The van der Waals surface area contributed by atoms with Crippen LogP contribution in [0.5, 0.6) is 0 Å². The fourth-order valence-corrected chi connectivity index (χ4v) is 5.48. The highest BCUT2D eigenvalue weighted by molar-refractivity contribution is 7.18. The quantitative estimate of drug-likeness (QED) is 0.855. The average Bonchev–Trinajstić information content (AvgIpc) is 2.93. The predicted octanol–water partition coefficient (Wildman–Crippen LogP) is 4.76. The second kappa shape index (κ2) is 7.58. The number of hydrogen-bond donors (Lipinski definition) is 1. The van der Waals surface area contributed by atoms with Crippen LogP contribution in [0.2, 0.25) is 0 Å². The number of nitrogens with one attached hydrogen (secondary N) is 1. The van der Waals surface area contributed by atoms with Crippen LogP contribution in [0, 0.1) is 19.8 Å². The Morgan fingerprint density at radius 2 is 1.84 bits per heavy atom. The Balaban J connectivity index is 1.36. The van der Waals surface area contributed by atoms with E-state index in [0.29, 0.717) is 6.04 Å². The highest BCUT2D eigenvalue weighted by Crippen LogP contribution is 2.33. The summed E-state index contributed by atoms with van der Waals surface area (Å²) in [5.74, 6) is 1.99. The van der Waals surface area contributed by atoms with E-state index < -0.39 is 0 Å². The second-order valence-electron chi connectivity index (χ2n) is 7.91. The normalized spacial score (nSPS) is 21.0. The summed E-state index contributed by atoms with van der Waals surface area (Å²) < 4.78 is 0. The molecule has 1 saturated heterocycles. The molecule has 2 fully saturated rings. The molecule has 2 aromatic heterocycles. The molecule has 0 atom stereocenters. The van der Waals surface area contributed by atoms with Crippen molar-refractivity contribution in [3.63, 3.8) is 0 Å². The highest BCUT2D eigenvalue weighted by Gasteiger charge is 2.23. The third kappa shape index (κ3) is 3.82. The Bertz CT molecular complexity index is 712. The van der Waals surface area contributed by atoms with Crippen molar-refractivity contribution >= 4 is 27.4 Å². The molecule has 0 unspecified atom stereocenters. The van der Waals surface area contributed by atoms with Crippen molar-refractivity contribution in [1.82, 2.24) is 14.9 Å². The van der Waals surface area contributed by atoms with Crippen LogP contribution in [0.15, 0.2) is 6.33 Å². The van der Waals surface area contributed by atoms with Crippen molar-refractivity contribution in [3.8, 4) is 0 Å². The van der Waals surface area contributed by atoms with Crippen molar-refractivity contribution in [2.24, 2.45) is 5.92 Å². The van der Waals surface area contributed by atoms with Crippen molar-refractivity contribution in [1.29, 1.82) is 0 Å². The lowest BCUT2D eigenvalue weighted by molar-refractivity contribution is 0.168. The first-order valence-corrected chi connectivity index (χ1v) is 10.7. The van der Waals surface area contributed by atoms with E-state index in [0.717, 1.165) is 16.6 Å². The van der Waals surface area contributed by atoms with Gasteiger partial charge in [-0.05, 0) is 51.0 Å². The maximum absolute atomic E-state index is 4.56. The van der Waals surface area contributed by atoms with Crippen LogP contribution in [-0.4, -0.2) is 40.5 Å². The number of hydrogen-bond acceptors (Lipinski definition) is 5. The molecule has 0 bridgehead atoms. The molecule has 1 N–H and O–H groups in total. The molecule has 2 aliphatic rings. The van der Waals surface area contributed by atoms with Crippen molar-refractivity contribution in [2.45, 2.75) is 64.8 Å². The van der Waals surface area contributed by atoms with Crippen LogP contribution in [0.4, 0.5) is 5.82 Å². The van der Waals surface area contributed by atoms with Gasteiger partial charge in [0, 0.05) is 30.6 Å². The third-order valence-corrected chi connectivity index (χ3v) is 7.25. The van der Waals surface area contributed by atoms with Gasteiger partial charge in [-0.3, -0.25) is 0 Å². The summed E-state index contributed by atoms with van der Waals surface area (Å²) in [5, 5.41) is 4.96. The predicted molar refractivity (Wildman–Crippen MR) is 107 cm³/mol. The SMILES string of the molecule is Cc1sc2ncnc(NC3CCN(CC4CCCCC4)CC3)c2c1C. The lowest BCUT2D eigenvalue weighted by atomic mass is 9.88. The van der Waals surface area contributed by atoms with E-state index in [4.69, 9.17) is 0 Å². The van der Waals surface area contributed by atoms with Gasteiger partial charge in [-0.25, -0.2) is 9.97 Å². The van der Waals surface area contributed by atoms with E-state index in [-0.39, 0.29) is 0 Å². The number of fused-ring (bicyclic) bond motifs is 1. The molecule has 5 heteroatoms. The molecule has 4 nitrogen and oxygen atoms in total. The molecule has 1 saturated carbocycles. The molecule has 1 aliphatic carbocycles. The van der Waals surface area contributed by atoms with E-state index in [2.05, 4.69) is 34.0 Å². The van der Waals surface area contributed by atoms with E-state index in [1.165, 1.54) is 80.4 Å². The molecule has 25 heavy (non-hydrogen) atoms. The summed E-state index contributed by atoms with van der Waals surface area (Å²) in [6, 6.07) is 0.542. The van der Waals surface area contributed by atoms with E-state index in [1.807, 2.05) is 0 Å². The highest BCUT2D eigenvalue weighted by atomic mass is 32.1. The van der Waals surface area contributed by atoms with Gasteiger partial charge in [0.05, 0.1) is 5.39 Å². The molecule has 1 aliphatic heterocycles. The first kappa shape index (κ1) is 17.2. The van der Waals surface area contributed by atoms with Gasteiger partial charge in [0.25, 0.3) is 0 Å². The molecule has 0 spiro atoms. The zero-order chi connectivity index (χ0) is 17.2. The van der Waals surface area contributed by atoms with Gasteiger partial charge in [0.1, 0.15) is 17.0 Å².